The Kier molecular flexibility index (Phi) is 10.8. The zero-order chi connectivity index (χ0) is 31.0. The molecular formula is C28H31F3N8O2S. The van der Waals surface area contributed by atoms with Crippen molar-refractivity contribution in [3.63, 3.8) is 0 Å². The molecule has 2 aromatic heterocycles. The lowest BCUT2D eigenvalue weighted by Gasteiger charge is -2.17. The quantitative estimate of drug-likeness (QED) is 0.151. The van der Waals surface area contributed by atoms with Gasteiger partial charge in [0.15, 0.2) is 5.13 Å². The number of nitrogens with one attached hydrogen (secondary N) is 2. The molecule has 6 N–H and O–H groups in total. The third kappa shape index (κ3) is 8.41. The van der Waals surface area contributed by atoms with Crippen LogP contribution in [-0.4, -0.2) is 38.5 Å². The average Bonchev–Trinajstić information content (AvgIpc) is 3.59. The summed E-state index contributed by atoms with van der Waals surface area (Å²) < 4.78 is 38.3. The first kappa shape index (κ1) is 31.8. The van der Waals surface area contributed by atoms with Crippen molar-refractivity contribution in [1.29, 1.82) is 0 Å². The molecule has 10 nitrogen and oxygen atoms in total. The standard InChI is InChI=1S/C27H28F2N8O2S.CH3F/c1-15-4-5-18(6-20(15)12-37(31)13-23(30)24-10-32-27(40-24)34-17(3)38)26(39)35-21-7-19(25(28)29)8-22(9-21)36-11-16(2)33-14-36;1-2/h4-11,13-14,25H,12,30-31H2,1-3H3,(H,35,39)(H,32,34,38);1H3/b23-13-;. The monoisotopic (exact) mass is 600 g/mol. The summed E-state index contributed by atoms with van der Waals surface area (Å²) >= 11 is 1.21. The van der Waals surface area contributed by atoms with E-state index in [0.29, 0.717) is 34.1 Å². The van der Waals surface area contributed by atoms with Crippen LogP contribution >= 0.6 is 11.3 Å². The molecule has 222 valence electrons. The molecule has 0 bridgehead atoms. The molecule has 0 saturated heterocycles. The molecule has 0 saturated carbocycles. The lowest BCUT2D eigenvalue weighted by Crippen LogP contribution is -2.26. The Morgan fingerprint density at radius 1 is 1.12 bits per heavy atom. The van der Waals surface area contributed by atoms with Gasteiger partial charge in [-0.25, -0.2) is 24.6 Å². The zero-order valence-corrected chi connectivity index (χ0v) is 24.2. The summed E-state index contributed by atoms with van der Waals surface area (Å²) in [6, 6.07) is 9.32. The maximum absolute atomic E-state index is 13.6. The number of nitrogens with zero attached hydrogens (tertiary/aromatic N) is 4. The number of benzene rings is 2. The fraction of sp³-hybridized carbons (Fsp3) is 0.214. The molecule has 0 fully saturated rings. The molecule has 0 aliphatic heterocycles. The number of anilines is 2. The first-order valence-electron chi connectivity index (χ1n) is 12.4. The van der Waals surface area contributed by atoms with Crippen molar-refractivity contribution >= 4 is 39.7 Å². The number of thiazole rings is 1. The van der Waals surface area contributed by atoms with Gasteiger partial charge in [0.05, 0.1) is 36.3 Å². The zero-order valence-electron chi connectivity index (χ0n) is 23.4. The van der Waals surface area contributed by atoms with E-state index in [4.69, 9.17) is 11.6 Å². The number of carbonyl (C=O) groups excluding carboxylic acids is 2. The Morgan fingerprint density at radius 3 is 2.50 bits per heavy atom. The minimum atomic E-state index is -2.72. The summed E-state index contributed by atoms with van der Waals surface area (Å²) in [5.74, 6) is 5.48. The van der Waals surface area contributed by atoms with Crippen LogP contribution in [0.3, 0.4) is 0 Å². The van der Waals surface area contributed by atoms with Crippen molar-refractivity contribution < 1.29 is 22.8 Å². The minimum Gasteiger partial charge on any atom is -0.396 e. The molecule has 2 aromatic carbocycles. The van der Waals surface area contributed by atoms with E-state index in [0.717, 1.165) is 16.8 Å². The molecule has 4 rings (SSSR count). The summed E-state index contributed by atoms with van der Waals surface area (Å²) in [4.78, 5) is 33.2. The molecule has 0 radical (unpaired) electrons. The molecule has 0 spiro atoms. The molecule has 4 aromatic rings. The molecule has 0 atom stereocenters. The second-order valence-corrected chi connectivity index (χ2v) is 10.1. The largest absolute Gasteiger partial charge is 0.396 e. The van der Waals surface area contributed by atoms with E-state index in [2.05, 4.69) is 20.6 Å². The number of aryl methyl sites for hydroxylation is 2. The first-order valence-corrected chi connectivity index (χ1v) is 13.3. The van der Waals surface area contributed by atoms with Gasteiger partial charge in [0.1, 0.15) is 0 Å². The number of hydrogen-bond acceptors (Lipinski definition) is 8. The van der Waals surface area contributed by atoms with Gasteiger partial charge in [0, 0.05) is 48.0 Å². The highest BCUT2D eigenvalue weighted by molar-refractivity contribution is 7.16. The van der Waals surface area contributed by atoms with Gasteiger partial charge in [-0.1, -0.05) is 17.4 Å². The Labute approximate surface area is 244 Å². The molecule has 2 heterocycles. The number of imidazole rings is 1. The second-order valence-electron chi connectivity index (χ2n) is 9.10. The predicted molar refractivity (Wildman–Crippen MR) is 158 cm³/mol. The SMILES string of the molecule is CC(=O)Nc1ncc(/C(N)=C/N(N)Cc2cc(C(=O)Nc3cc(C(F)F)cc(-n4cnc(C)c4)c3)ccc2C)s1.CF. The predicted octanol–water partition coefficient (Wildman–Crippen LogP) is 5.31. The third-order valence-corrected chi connectivity index (χ3v) is 6.76. The maximum Gasteiger partial charge on any atom is 0.264 e. The second kappa shape index (κ2) is 14.3. The van der Waals surface area contributed by atoms with Crippen molar-refractivity contribution in [2.24, 2.45) is 11.6 Å². The van der Waals surface area contributed by atoms with Gasteiger partial charge >= 0.3 is 0 Å². The number of alkyl halides is 3. The Hall–Kier alpha value is -4.69. The number of hydrogen-bond donors (Lipinski definition) is 4. The smallest absolute Gasteiger partial charge is 0.264 e. The van der Waals surface area contributed by atoms with E-state index < -0.39 is 12.3 Å². The number of nitrogens with two attached hydrogens (primary N) is 2. The highest BCUT2D eigenvalue weighted by atomic mass is 32.1. The molecule has 0 aliphatic rings. The lowest BCUT2D eigenvalue weighted by atomic mass is 10.0. The van der Waals surface area contributed by atoms with Crippen molar-refractivity contribution in [2.45, 2.75) is 33.7 Å². The van der Waals surface area contributed by atoms with Crippen LogP contribution < -0.4 is 22.2 Å². The van der Waals surface area contributed by atoms with Crippen LogP contribution in [0, 0.1) is 13.8 Å². The van der Waals surface area contributed by atoms with Gasteiger partial charge in [-0.05, 0) is 55.3 Å². The number of rotatable bonds is 9. The molecule has 42 heavy (non-hydrogen) atoms. The highest BCUT2D eigenvalue weighted by Gasteiger charge is 2.15. The molecular weight excluding hydrogens is 569 g/mol. The van der Waals surface area contributed by atoms with Gasteiger partial charge in [-0.15, -0.1) is 0 Å². The van der Waals surface area contributed by atoms with E-state index in [1.165, 1.54) is 54.1 Å². The van der Waals surface area contributed by atoms with Crippen molar-refractivity contribution in [1.82, 2.24) is 19.5 Å². The summed E-state index contributed by atoms with van der Waals surface area (Å²) in [6.45, 7) is 5.29. The Morgan fingerprint density at radius 2 is 1.86 bits per heavy atom. The number of halogens is 3. The van der Waals surface area contributed by atoms with Crippen LogP contribution in [0.5, 0.6) is 0 Å². The number of hydrazine groups is 1. The van der Waals surface area contributed by atoms with Gasteiger partial charge in [-0.2, -0.15) is 0 Å². The average molecular weight is 601 g/mol. The molecule has 2 amide bonds. The molecule has 0 unspecified atom stereocenters. The highest BCUT2D eigenvalue weighted by Crippen LogP contribution is 2.27. The van der Waals surface area contributed by atoms with Crippen molar-refractivity contribution in [3.8, 4) is 5.69 Å². The van der Waals surface area contributed by atoms with E-state index >= 15 is 0 Å². The minimum absolute atomic E-state index is 0.225. The lowest BCUT2D eigenvalue weighted by molar-refractivity contribution is -0.114. The van der Waals surface area contributed by atoms with Crippen LogP contribution in [0.4, 0.5) is 24.0 Å². The van der Waals surface area contributed by atoms with E-state index in [9.17, 15) is 22.8 Å². The Balaban J connectivity index is 0.00000237. The fourth-order valence-corrected chi connectivity index (χ4v) is 4.62. The van der Waals surface area contributed by atoms with Gasteiger partial charge in [0.25, 0.3) is 12.3 Å². The van der Waals surface area contributed by atoms with Crippen LogP contribution in [0.15, 0.2) is 61.3 Å². The maximum atomic E-state index is 13.6. The summed E-state index contributed by atoms with van der Waals surface area (Å²) in [5, 5.41) is 7.12. The van der Waals surface area contributed by atoms with Crippen LogP contribution in [0.25, 0.3) is 11.4 Å². The summed E-state index contributed by atoms with van der Waals surface area (Å²) in [5.41, 5.74) is 9.68. The van der Waals surface area contributed by atoms with Gasteiger partial charge in [0.2, 0.25) is 5.91 Å². The van der Waals surface area contributed by atoms with E-state index in [1.54, 1.807) is 42.0 Å². The topological polar surface area (TPSA) is 144 Å². The van der Waals surface area contributed by atoms with Crippen LogP contribution in [-0.2, 0) is 11.3 Å². The van der Waals surface area contributed by atoms with Crippen LogP contribution in [0.2, 0.25) is 0 Å². The van der Waals surface area contributed by atoms with Gasteiger partial charge < -0.3 is 25.9 Å². The first-order chi connectivity index (χ1) is 20.0. The fourth-order valence-electron chi connectivity index (χ4n) is 3.83. The number of amides is 2. The summed E-state index contributed by atoms with van der Waals surface area (Å²) in [6.07, 6.45) is 3.58. The normalized spacial score (nSPS) is 11.1. The van der Waals surface area contributed by atoms with Crippen molar-refractivity contribution in [3.05, 3.63) is 94.1 Å². The van der Waals surface area contributed by atoms with Crippen molar-refractivity contribution in [2.75, 3.05) is 17.8 Å². The van der Waals surface area contributed by atoms with E-state index in [-0.39, 0.29) is 23.7 Å². The van der Waals surface area contributed by atoms with Crippen LogP contribution in [0.1, 0.15) is 51.0 Å². The third-order valence-electron chi connectivity index (χ3n) is 5.80. The van der Waals surface area contributed by atoms with E-state index in [1.807, 2.05) is 6.92 Å². The van der Waals surface area contributed by atoms with Gasteiger partial charge in [-0.3, -0.25) is 14.0 Å². The Bertz CT molecular complexity index is 1580. The summed E-state index contributed by atoms with van der Waals surface area (Å²) in [7, 11) is 0.500. The number of aromatic nitrogens is 3. The number of carbonyl (C=O) groups is 2. The molecule has 14 heteroatoms. The molecule has 0 aliphatic carbocycles.